The van der Waals surface area contributed by atoms with Crippen LogP contribution in [-0.2, 0) is 0 Å². The summed E-state index contributed by atoms with van der Waals surface area (Å²) < 4.78 is 1.76. The lowest BCUT2D eigenvalue weighted by Gasteiger charge is -2.49. The number of rotatable bonds is 4. The van der Waals surface area contributed by atoms with Gasteiger partial charge in [0.25, 0.3) is 0 Å². The molecule has 3 heterocycles. The fourth-order valence-electron chi connectivity index (χ4n) is 4.44. The Morgan fingerprint density at radius 2 is 1.88 bits per heavy atom. The quantitative estimate of drug-likeness (QED) is 0.913. The monoisotopic (exact) mass is 343 g/mol. The first-order valence-electron chi connectivity index (χ1n) is 9.51. The maximum absolute atomic E-state index is 4.44. The first kappa shape index (κ1) is 16.7. The summed E-state index contributed by atoms with van der Waals surface area (Å²) >= 11 is 0. The lowest BCUT2D eigenvalue weighted by molar-refractivity contribution is 0.0221. The van der Waals surface area contributed by atoms with Gasteiger partial charge in [-0.3, -0.25) is 4.90 Å². The van der Waals surface area contributed by atoms with E-state index in [4.69, 9.17) is 0 Å². The Morgan fingerprint density at radius 3 is 2.64 bits per heavy atom. The van der Waals surface area contributed by atoms with Gasteiger partial charge in [-0.15, -0.1) is 10.2 Å². The average molecular weight is 343 g/mol. The predicted octanol–water partition coefficient (Wildman–Crippen LogP) is 1.79. The number of aryl methyl sites for hydroxylation is 1. The van der Waals surface area contributed by atoms with Crippen molar-refractivity contribution in [3.63, 3.8) is 0 Å². The molecule has 4 rings (SSSR count). The molecule has 136 valence electrons. The van der Waals surface area contributed by atoms with Crippen LogP contribution in [0.15, 0.2) is 12.4 Å². The summed E-state index contributed by atoms with van der Waals surface area (Å²) in [6, 6.07) is 2.09. The number of anilines is 1. The molecule has 2 aromatic heterocycles. The molecule has 0 radical (unpaired) electrons. The van der Waals surface area contributed by atoms with E-state index in [2.05, 4.69) is 43.5 Å². The molecular weight excluding hydrogens is 314 g/mol. The van der Waals surface area contributed by atoms with E-state index >= 15 is 0 Å². The van der Waals surface area contributed by atoms with Gasteiger partial charge in [0.2, 0.25) is 5.65 Å². The van der Waals surface area contributed by atoms with Crippen LogP contribution in [0.5, 0.6) is 0 Å². The van der Waals surface area contributed by atoms with Crippen molar-refractivity contribution in [1.29, 1.82) is 0 Å². The van der Waals surface area contributed by atoms with Crippen molar-refractivity contribution in [1.82, 2.24) is 29.6 Å². The van der Waals surface area contributed by atoms with Gasteiger partial charge >= 0.3 is 0 Å². The Morgan fingerprint density at radius 1 is 1.12 bits per heavy atom. The second-order valence-corrected chi connectivity index (χ2v) is 7.73. The van der Waals surface area contributed by atoms with Crippen LogP contribution in [-0.4, -0.2) is 74.9 Å². The zero-order valence-electron chi connectivity index (χ0n) is 15.4. The first-order chi connectivity index (χ1) is 12.2. The van der Waals surface area contributed by atoms with Crippen LogP contribution in [0.2, 0.25) is 0 Å². The third kappa shape index (κ3) is 3.35. The number of nitrogens with zero attached hydrogens (tertiary/aromatic N) is 6. The van der Waals surface area contributed by atoms with Crippen LogP contribution in [0.4, 0.5) is 5.69 Å². The molecule has 1 saturated carbocycles. The molecule has 0 bridgehead atoms. The van der Waals surface area contributed by atoms with Gasteiger partial charge in [0.05, 0.1) is 11.4 Å². The Bertz CT molecular complexity index is 711. The smallest absolute Gasteiger partial charge is 0.200 e. The summed E-state index contributed by atoms with van der Waals surface area (Å²) in [5.74, 6) is 0. The van der Waals surface area contributed by atoms with E-state index in [1.807, 2.05) is 6.92 Å². The Kier molecular flexibility index (Phi) is 4.60. The first-order valence-corrected chi connectivity index (χ1v) is 9.51. The molecule has 7 heteroatoms. The minimum absolute atomic E-state index is 0.272. The minimum Gasteiger partial charge on any atom is -0.380 e. The SMILES string of the molecule is Cc1cc(NCC2(N3CCN(C)CC3)CCCCC2)c2nncn2n1. The summed E-state index contributed by atoms with van der Waals surface area (Å²) in [5, 5.41) is 16.4. The van der Waals surface area contributed by atoms with Crippen LogP contribution >= 0.6 is 0 Å². The predicted molar refractivity (Wildman–Crippen MR) is 98.9 cm³/mol. The molecular formula is C18H29N7. The molecule has 0 unspecified atom stereocenters. The van der Waals surface area contributed by atoms with Gasteiger partial charge in [-0.05, 0) is 32.9 Å². The summed E-state index contributed by atoms with van der Waals surface area (Å²) in [6.07, 6.45) is 8.30. The van der Waals surface area contributed by atoms with E-state index in [-0.39, 0.29) is 5.54 Å². The second-order valence-electron chi connectivity index (χ2n) is 7.73. The molecule has 25 heavy (non-hydrogen) atoms. The van der Waals surface area contributed by atoms with Crippen molar-refractivity contribution in [2.45, 2.75) is 44.6 Å². The van der Waals surface area contributed by atoms with E-state index in [1.165, 1.54) is 58.3 Å². The third-order valence-electron chi connectivity index (χ3n) is 5.96. The Balaban J connectivity index is 1.55. The maximum atomic E-state index is 4.44. The van der Waals surface area contributed by atoms with Crippen molar-refractivity contribution >= 4 is 11.3 Å². The molecule has 7 nitrogen and oxygen atoms in total. The number of hydrogen-bond acceptors (Lipinski definition) is 6. The van der Waals surface area contributed by atoms with Crippen molar-refractivity contribution in [3.05, 3.63) is 18.1 Å². The number of nitrogens with one attached hydrogen (secondary N) is 1. The molecule has 0 spiro atoms. The summed E-state index contributed by atoms with van der Waals surface area (Å²) in [7, 11) is 2.23. The minimum atomic E-state index is 0.272. The van der Waals surface area contributed by atoms with Crippen molar-refractivity contribution in [2.75, 3.05) is 45.1 Å². The number of likely N-dealkylation sites (N-methyl/N-ethyl adjacent to an activating group) is 1. The third-order valence-corrected chi connectivity index (χ3v) is 5.96. The highest BCUT2D eigenvalue weighted by atomic mass is 15.4. The summed E-state index contributed by atoms with van der Waals surface area (Å²) in [5.41, 5.74) is 3.11. The van der Waals surface area contributed by atoms with Crippen LogP contribution in [0, 0.1) is 6.92 Å². The number of hydrogen-bond donors (Lipinski definition) is 1. The lowest BCUT2D eigenvalue weighted by atomic mass is 9.79. The van der Waals surface area contributed by atoms with E-state index < -0.39 is 0 Å². The largest absolute Gasteiger partial charge is 0.380 e. The van der Waals surface area contributed by atoms with Gasteiger partial charge in [-0.2, -0.15) is 9.61 Å². The molecule has 0 amide bonds. The van der Waals surface area contributed by atoms with Crippen LogP contribution in [0.1, 0.15) is 37.8 Å². The molecule has 1 aliphatic carbocycles. The lowest BCUT2D eigenvalue weighted by Crippen LogP contribution is -2.60. The normalized spacial score (nSPS) is 22.3. The number of aromatic nitrogens is 4. The van der Waals surface area contributed by atoms with Crippen molar-refractivity contribution in [3.8, 4) is 0 Å². The Labute approximate surface area is 149 Å². The van der Waals surface area contributed by atoms with Crippen molar-refractivity contribution in [2.24, 2.45) is 0 Å². The van der Waals surface area contributed by atoms with Gasteiger partial charge in [-0.25, -0.2) is 0 Å². The fraction of sp³-hybridized carbons (Fsp3) is 0.722. The molecule has 1 saturated heterocycles. The molecule has 2 aliphatic rings. The summed E-state index contributed by atoms with van der Waals surface area (Å²) in [4.78, 5) is 5.18. The highest BCUT2D eigenvalue weighted by Gasteiger charge is 2.38. The van der Waals surface area contributed by atoms with E-state index in [1.54, 1.807) is 10.8 Å². The van der Waals surface area contributed by atoms with Gasteiger partial charge in [0.1, 0.15) is 6.33 Å². The molecule has 2 aromatic rings. The second kappa shape index (κ2) is 6.88. The van der Waals surface area contributed by atoms with E-state index in [0.717, 1.165) is 23.6 Å². The fourth-order valence-corrected chi connectivity index (χ4v) is 4.44. The molecule has 0 aromatic carbocycles. The van der Waals surface area contributed by atoms with Crippen LogP contribution in [0.25, 0.3) is 5.65 Å². The highest BCUT2D eigenvalue weighted by Crippen LogP contribution is 2.35. The maximum Gasteiger partial charge on any atom is 0.200 e. The number of fused-ring (bicyclic) bond motifs is 1. The van der Waals surface area contributed by atoms with E-state index in [0.29, 0.717) is 0 Å². The highest BCUT2D eigenvalue weighted by molar-refractivity contribution is 5.66. The number of piperazine rings is 1. The van der Waals surface area contributed by atoms with Gasteiger partial charge in [-0.1, -0.05) is 19.3 Å². The van der Waals surface area contributed by atoms with E-state index in [9.17, 15) is 0 Å². The molecule has 0 atom stereocenters. The molecule has 2 fully saturated rings. The average Bonchev–Trinajstić information content (AvgIpc) is 3.09. The van der Waals surface area contributed by atoms with Crippen molar-refractivity contribution < 1.29 is 0 Å². The van der Waals surface area contributed by atoms with Gasteiger partial charge in [0, 0.05) is 38.3 Å². The van der Waals surface area contributed by atoms with Crippen LogP contribution < -0.4 is 5.32 Å². The van der Waals surface area contributed by atoms with Gasteiger partial charge in [0.15, 0.2) is 0 Å². The van der Waals surface area contributed by atoms with Crippen LogP contribution in [0.3, 0.4) is 0 Å². The summed E-state index contributed by atoms with van der Waals surface area (Å²) in [6.45, 7) is 7.68. The molecule has 1 aliphatic heterocycles. The standard InChI is InChI=1S/C18H29N7/c1-15-12-16(17-21-20-14-25(17)22-15)19-13-18(6-4-3-5-7-18)24-10-8-23(2)9-11-24/h12,14,19H,3-11,13H2,1-2H3. The molecule has 1 N–H and O–H groups in total. The van der Waals surface area contributed by atoms with Gasteiger partial charge < -0.3 is 10.2 Å². The zero-order chi connectivity index (χ0) is 17.3. The topological polar surface area (TPSA) is 61.6 Å². The zero-order valence-corrected chi connectivity index (χ0v) is 15.4. The Hall–Kier alpha value is -1.73.